The van der Waals surface area contributed by atoms with Crippen LogP contribution in [0.2, 0.25) is 0 Å². The number of ether oxygens (including phenoxy) is 4. The third-order valence-corrected chi connectivity index (χ3v) is 5.24. The molecule has 35 heavy (non-hydrogen) atoms. The summed E-state index contributed by atoms with van der Waals surface area (Å²) in [4.78, 5) is 0. The minimum atomic E-state index is -6.91. The Kier molecular flexibility index (Phi) is 14.9. The molecule has 212 valence electrons. The van der Waals surface area contributed by atoms with E-state index in [1.54, 1.807) is 0 Å². The maximum Gasteiger partial charge on any atom is 0.462 e. The van der Waals surface area contributed by atoms with Gasteiger partial charge in [-0.05, 0) is 0 Å². The van der Waals surface area contributed by atoms with E-state index in [-0.39, 0.29) is 39.6 Å². The number of halogens is 10. The quantitative estimate of drug-likeness (QED) is 0.0840. The molecule has 0 bridgehead atoms. The van der Waals surface area contributed by atoms with Crippen LogP contribution in [0.1, 0.15) is 0 Å². The van der Waals surface area contributed by atoms with Gasteiger partial charge in [-0.1, -0.05) is 11.8 Å². The van der Waals surface area contributed by atoms with E-state index in [4.69, 9.17) is 19.4 Å². The molecule has 10 nitrogen and oxygen atoms in total. The molecule has 0 rings (SSSR count). The molecule has 0 saturated heterocycles. The maximum absolute atomic E-state index is 13.4. The van der Waals surface area contributed by atoms with Crippen molar-refractivity contribution in [1.29, 1.82) is 0 Å². The highest BCUT2D eigenvalue weighted by Gasteiger charge is 2.75. The number of hydrogen-bond donors (Lipinski definition) is 3. The number of thioether (sulfide) groups is 1. The van der Waals surface area contributed by atoms with Crippen molar-refractivity contribution in [3.63, 3.8) is 0 Å². The summed E-state index contributed by atoms with van der Waals surface area (Å²) in [6.07, 6.45) is -17.9. The van der Waals surface area contributed by atoms with E-state index >= 15 is 0 Å². The molecule has 0 heterocycles. The standard InChI is InChI=1S/C13H21F10N2O8PS/c14-9(32-13(22,23)11(17,18)12(19,20)21)10(15,16)35-8-7-30-4-3-28-1-2-29-5-6-31-34(27,25-26)33-24/h9,26H,1-8,24H2,(H,25,27). The van der Waals surface area contributed by atoms with Crippen LogP contribution < -0.4 is 11.1 Å². The predicted octanol–water partition coefficient (Wildman–Crippen LogP) is 3.46. The van der Waals surface area contributed by atoms with E-state index in [0.717, 1.165) is 0 Å². The average Bonchev–Trinajstić information content (AvgIpc) is 2.75. The van der Waals surface area contributed by atoms with Crippen LogP contribution in [0.15, 0.2) is 0 Å². The molecule has 0 spiro atoms. The van der Waals surface area contributed by atoms with Gasteiger partial charge in [0.15, 0.2) is 0 Å². The van der Waals surface area contributed by atoms with Gasteiger partial charge in [0.2, 0.25) is 0 Å². The first-order chi connectivity index (χ1) is 16.0. The summed E-state index contributed by atoms with van der Waals surface area (Å²) in [7, 11) is -4.02. The van der Waals surface area contributed by atoms with Crippen LogP contribution in [0.4, 0.5) is 43.9 Å². The Bertz CT molecular complexity index is 644. The minimum Gasteiger partial charge on any atom is -0.378 e. The molecule has 4 N–H and O–H groups in total. The first-order valence-corrected chi connectivity index (χ1v) is 11.4. The zero-order valence-electron chi connectivity index (χ0n) is 17.3. The molecular weight excluding hydrogens is 565 g/mol. The summed E-state index contributed by atoms with van der Waals surface area (Å²) >= 11 is -0.717. The van der Waals surface area contributed by atoms with Gasteiger partial charge in [0, 0.05) is 5.75 Å². The lowest BCUT2D eigenvalue weighted by atomic mass is 10.3. The largest absolute Gasteiger partial charge is 0.462 e. The summed E-state index contributed by atoms with van der Waals surface area (Å²) in [5.74, 6) is -3.08. The Hall–Kier alpha value is -0.480. The number of alkyl halides is 10. The molecule has 2 atom stereocenters. The molecule has 0 aliphatic heterocycles. The second-order valence-corrected chi connectivity index (χ2v) is 8.71. The lowest BCUT2D eigenvalue weighted by Crippen LogP contribution is -2.55. The molecule has 0 aromatic carbocycles. The average molecular weight is 586 g/mol. The smallest absolute Gasteiger partial charge is 0.378 e. The Morgan fingerprint density at radius 1 is 0.857 bits per heavy atom. The molecule has 0 saturated carbocycles. The van der Waals surface area contributed by atoms with Crippen molar-refractivity contribution in [1.82, 2.24) is 5.25 Å². The number of nitrogens with two attached hydrogens (primary N) is 1. The molecular formula is C13H21F10N2O8PS. The summed E-state index contributed by atoms with van der Waals surface area (Å²) in [5, 5.41) is 4.79. The zero-order chi connectivity index (χ0) is 27.4. The Labute approximate surface area is 195 Å². The van der Waals surface area contributed by atoms with Gasteiger partial charge >= 0.3 is 31.2 Å². The third-order valence-electron chi connectivity index (χ3n) is 3.25. The fourth-order valence-electron chi connectivity index (χ4n) is 1.58. The zero-order valence-corrected chi connectivity index (χ0v) is 19.0. The summed E-state index contributed by atoms with van der Waals surface area (Å²) < 4.78 is 164. The molecule has 22 heteroatoms. The maximum atomic E-state index is 13.4. The van der Waals surface area contributed by atoms with Crippen molar-refractivity contribution in [2.24, 2.45) is 5.90 Å². The number of hydrogen-bond acceptors (Lipinski definition) is 10. The van der Waals surface area contributed by atoms with Gasteiger partial charge in [0.25, 0.3) is 6.36 Å². The fourth-order valence-corrected chi connectivity index (χ4v) is 2.71. The Morgan fingerprint density at radius 2 is 1.31 bits per heavy atom. The van der Waals surface area contributed by atoms with Gasteiger partial charge in [-0.25, -0.2) is 19.5 Å². The summed E-state index contributed by atoms with van der Waals surface area (Å²) in [6, 6.07) is 0. The molecule has 0 radical (unpaired) electrons. The van der Waals surface area contributed by atoms with Crippen molar-refractivity contribution in [3.05, 3.63) is 0 Å². The lowest BCUT2D eigenvalue weighted by molar-refractivity contribution is -0.446. The first-order valence-electron chi connectivity index (χ1n) is 8.89. The Balaban J connectivity index is 3.99. The normalized spacial score (nSPS) is 16.3. The third kappa shape index (κ3) is 12.1. The first kappa shape index (κ1) is 34.5. The van der Waals surface area contributed by atoms with Gasteiger partial charge in [-0.2, -0.15) is 39.5 Å². The highest BCUT2D eigenvalue weighted by Crippen LogP contribution is 2.49. The molecule has 0 aliphatic carbocycles. The second-order valence-electron chi connectivity index (χ2n) is 5.81. The van der Waals surface area contributed by atoms with E-state index < -0.39 is 61.7 Å². The molecule has 0 fully saturated rings. The van der Waals surface area contributed by atoms with Crippen LogP contribution in [-0.2, 0) is 32.7 Å². The van der Waals surface area contributed by atoms with Gasteiger partial charge in [0.1, 0.15) is 0 Å². The topological polar surface area (TPSA) is 131 Å². The van der Waals surface area contributed by atoms with Crippen LogP contribution in [-0.4, -0.2) is 87.0 Å². The predicted molar refractivity (Wildman–Crippen MR) is 95.5 cm³/mol. The highest BCUT2D eigenvalue weighted by atomic mass is 32.2. The van der Waals surface area contributed by atoms with E-state index in [2.05, 4.69) is 19.8 Å². The van der Waals surface area contributed by atoms with Gasteiger partial charge in [-0.3, -0.25) is 9.26 Å². The van der Waals surface area contributed by atoms with Crippen molar-refractivity contribution in [2.45, 2.75) is 29.8 Å². The van der Waals surface area contributed by atoms with E-state index in [1.165, 1.54) is 5.25 Å². The van der Waals surface area contributed by atoms with E-state index in [0.29, 0.717) is 0 Å². The Morgan fingerprint density at radius 3 is 1.74 bits per heavy atom. The van der Waals surface area contributed by atoms with E-state index in [9.17, 15) is 48.5 Å². The monoisotopic (exact) mass is 586 g/mol. The molecule has 2 unspecified atom stereocenters. The van der Waals surface area contributed by atoms with Gasteiger partial charge < -0.3 is 19.4 Å². The van der Waals surface area contributed by atoms with E-state index in [1.807, 2.05) is 0 Å². The fraction of sp³-hybridized carbons (Fsp3) is 1.00. The van der Waals surface area contributed by atoms with Crippen LogP contribution in [0, 0.1) is 0 Å². The van der Waals surface area contributed by atoms with Crippen LogP contribution in [0.3, 0.4) is 0 Å². The summed E-state index contributed by atoms with van der Waals surface area (Å²) in [6.45, 7) is -1.14. The van der Waals surface area contributed by atoms with Crippen LogP contribution >= 0.6 is 19.5 Å². The van der Waals surface area contributed by atoms with Crippen molar-refractivity contribution in [2.75, 3.05) is 52.0 Å². The highest BCUT2D eigenvalue weighted by molar-refractivity contribution is 8.00. The number of nitrogens with one attached hydrogen (secondary N) is 1. The minimum absolute atomic E-state index is 0.0110. The molecule has 0 aromatic rings. The van der Waals surface area contributed by atoms with Crippen molar-refractivity contribution in [3.8, 4) is 0 Å². The molecule has 0 aliphatic rings. The molecule has 0 amide bonds. The SMILES string of the molecule is NOP(=O)(NO)OCCOCCOCCOCCSC(F)(F)C(F)OC(F)(F)C(F)(F)C(F)(F)F. The van der Waals surface area contributed by atoms with Crippen molar-refractivity contribution < 1.29 is 81.8 Å². The summed E-state index contributed by atoms with van der Waals surface area (Å²) in [5.41, 5.74) is 0. The molecule has 0 aromatic heterocycles. The van der Waals surface area contributed by atoms with Crippen LogP contribution in [0.5, 0.6) is 0 Å². The lowest BCUT2D eigenvalue weighted by Gasteiger charge is -2.30. The second kappa shape index (κ2) is 15.1. The van der Waals surface area contributed by atoms with Crippen LogP contribution in [0.25, 0.3) is 0 Å². The number of rotatable bonds is 20. The van der Waals surface area contributed by atoms with Gasteiger partial charge in [0.05, 0.1) is 46.2 Å². The van der Waals surface area contributed by atoms with Gasteiger partial charge in [-0.15, -0.1) is 5.25 Å². The van der Waals surface area contributed by atoms with Crippen molar-refractivity contribution >= 4 is 19.5 Å².